The Labute approximate surface area is 100 Å². The number of halogens is 1. The number of hydrogen-bond acceptors (Lipinski definition) is 2. The second-order valence-electron chi connectivity index (χ2n) is 3.72. The highest BCUT2D eigenvalue weighted by molar-refractivity contribution is 6.28. The van der Waals surface area contributed by atoms with Gasteiger partial charge in [-0.15, -0.1) is 0 Å². The van der Waals surface area contributed by atoms with Gasteiger partial charge in [0, 0.05) is 6.04 Å². The smallest absolute Gasteiger partial charge is 0.193 e. The normalized spacial score (nSPS) is 12.6. The fraction of sp³-hybridized carbons (Fsp3) is 0.231. The molecule has 0 bridgehead atoms. The Morgan fingerprint density at radius 2 is 1.94 bits per heavy atom. The summed E-state index contributed by atoms with van der Waals surface area (Å²) >= 11 is 5.70. The Bertz CT molecular complexity index is 438. The van der Waals surface area contributed by atoms with Crippen molar-refractivity contribution in [3.63, 3.8) is 0 Å². The fourth-order valence-corrected chi connectivity index (χ4v) is 1.72. The van der Waals surface area contributed by atoms with Gasteiger partial charge in [0.25, 0.3) is 0 Å². The zero-order chi connectivity index (χ0) is 11.4. The monoisotopic (exact) mass is 235 g/mol. The highest BCUT2D eigenvalue weighted by Crippen LogP contribution is 2.15. The lowest BCUT2D eigenvalue weighted by Gasteiger charge is -2.12. The first-order chi connectivity index (χ1) is 7.75. The van der Waals surface area contributed by atoms with Gasteiger partial charge in [0.1, 0.15) is 5.76 Å². The summed E-state index contributed by atoms with van der Waals surface area (Å²) in [5.74, 6) is 0.854. The molecule has 1 atom stereocenters. The van der Waals surface area contributed by atoms with Crippen LogP contribution in [0.25, 0.3) is 0 Å². The summed E-state index contributed by atoms with van der Waals surface area (Å²) in [6.45, 7) is 2.81. The Morgan fingerprint density at radius 3 is 2.56 bits per heavy atom. The molecule has 1 heterocycles. The number of hydrogen-bond donors (Lipinski definition) is 1. The fourth-order valence-electron chi connectivity index (χ4n) is 1.56. The molecule has 84 valence electrons. The molecule has 2 nitrogen and oxygen atoms in total. The number of rotatable bonds is 4. The van der Waals surface area contributed by atoms with E-state index in [0.29, 0.717) is 17.8 Å². The summed E-state index contributed by atoms with van der Waals surface area (Å²) in [7, 11) is 0. The third-order valence-electron chi connectivity index (χ3n) is 2.51. The second kappa shape index (κ2) is 5.19. The van der Waals surface area contributed by atoms with Crippen LogP contribution >= 0.6 is 11.6 Å². The summed E-state index contributed by atoms with van der Waals surface area (Å²) in [6, 6.07) is 14.2. The molecule has 1 N–H and O–H groups in total. The molecule has 0 radical (unpaired) electrons. The van der Waals surface area contributed by atoms with Crippen molar-refractivity contribution in [2.24, 2.45) is 0 Å². The Kier molecular flexibility index (Phi) is 3.65. The van der Waals surface area contributed by atoms with Gasteiger partial charge in [-0.3, -0.25) is 0 Å². The van der Waals surface area contributed by atoms with Crippen LogP contribution in [0.5, 0.6) is 0 Å². The molecule has 1 aromatic carbocycles. The Hall–Kier alpha value is -1.25. The molecule has 0 aliphatic heterocycles. The van der Waals surface area contributed by atoms with Gasteiger partial charge in [-0.1, -0.05) is 30.3 Å². The van der Waals surface area contributed by atoms with Gasteiger partial charge in [-0.25, -0.2) is 0 Å². The molecule has 0 saturated carbocycles. The van der Waals surface area contributed by atoms with Crippen LogP contribution < -0.4 is 5.32 Å². The maximum atomic E-state index is 5.70. The molecule has 0 saturated heterocycles. The number of furan rings is 1. The van der Waals surface area contributed by atoms with E-state index in [4.69, 9.17) is 16.0 Å². The minimum absolute atomic E-state index is 0.296. The standard InChI is InChI=1S/C13H14ClNO/c1-10(11-5-3-2-4-6-11)15-9-12-7-8-13(14)16-12/h2-8,10,15H,9H2,1H3. The van der Waals surface area contributed by atoms with Crippen LogP contribution in [-0.4, -0.2) is 0 Å². The number of benzene rings is 1. The first-order valence-electron chi connectivity index (χ1n) is 5.28. The first kappa shape index (κ1) is 11.2. The van der Waals surface area contributed by atoms with Crippen molar-refractivity contribution in [3.8, 4) is 0 Å². The quantitative estimate of drug-likeness (QED) is 0.873. The molecule has 2 rings (SSSR count). The van der Waals surface area contributed by atoms with E-state index in [-0.39, 0.29) is 0 Å². The van der Waals surface area contributed by atoms with Crippen molar-refractivity contribution in [3.05, 3.63) is 59.0 Å². The van der Waals surface area contributed by atoms with Crippen molar-refractivity contribution < 1.29 is 4.42 Å². The van der Waals surface area contributed by atoms with Gasteiger partial charge in [-0.05, 0) is 36.2 Å². The lowest BCUT2D eigenvalue weighted by atomic mass is 10.1. The van der Waals surface area contributed by atoms with Crippen molar-refractivity contribution >= 4 is 11.6 Å². The molecule has 0 fully saturated rings. The average Bonchev–Trinajstić information content (AvgIpc) is 2.73. The van der Waals surface area contributed by atoms with Gasteiger partial charge in [0.2, 0.25) is 0 Å². The lowest BCUT2D eigenvalue weighted by molar-refractivity contribution is 0.462. The van der Waals surface area contributed by atoms with E-state index >= 15 is 0 Å². The average molecular weight is 236 g/mol. The van der Waals surface area contributed by atoms with Gasteiger partial charge in [0.05, 0.1) is 6.54 Å². The molecule has 0 amide bonds. The summed E-state index contributed by atoms with van der Waals surface area (Å²) in [4.78, 5) is 0. The summed E-state index contributed by atoms with van der Waals surface area (Å²) in [5, 5.41) is 3.81. The third kappa shape index (κ3) is 2.87. The molecule has 0 spiro atoms. The third-order valence-corrected chi connectivity index (χ3v) is 2.71. The molecule has 0 aliphatic carbocycles. The Morgan fingerprint density at radius 1 is 1.19 bits per heavy atom. The highest BCUT2D eigenvalue weighted by Gasteiger charge is 2.05. The van der Waals surface area contributed by atoms with Gasteiger partial charge in [-0.2, -0.15) is 0 Å². The van der Waals surface area contributed by atoms with Gasteiger partial charge >= 0.3 is 0 Å². The van der Waals surface area contributed by atoms with E-state index in [1.807, 2.05) is 24.3 Å². The maximum Gasteiger partial charge on any atom is 0.193 e. The van der Waals surface area contributed by atoms with Crippen LogP contribution in [0, 0.1) is 0 Å². The maximum absolute atomic E-state index is 5.70. The van der Waals surface area contributed by atoms with E-state index in [0.717, 1.165) is 5.76 Å². The minimum Gasteiger partial charge on any atom is -0.448 e. The van der Waals surface area contributed by atoms with Crippen LogP contribution in [0.4, 0.5) is 0 Å². The van der Waals surface area contributed by atoms with Crippen LogP contribution in [0.2, 0.25) is 5.22 Å². The van der Waals surface area contributed by atoms with Crippen LogP contribution in [-0.2, 0) is 6.54 Å². The van der Waals surface area contributed by atoms with Crippen molar-refractivity contribution in [1.82, 2.24) is 5.32 Å². The SMILES string of the molecule is CC(NCc1ccc(Cl)o1)c1ccccc1. The number of nitrogens with one attached hydrogen (secondary N) is 1. The van der Waals surface area contributed by atoms with E-state index in [1.54, 1.807) is 6.07 Å². The van der Waals surface area contributed by atoms with E-state index in [1.165, 1.54) is 5.56 Å². The zero-order valence-electron chi connectivity index (χ0n) is 9.11. The lowest BCUT2D eigenvalue weighted by Crippen LogP contribution is -2.17. The van der Waals surface area contributed by atoms with E-state index in [9.17, 15) is 0 Å². The van der Waals surface area contributed by atoms with Crippen LogP contribution in [0.3, 0.4) is 0 Å². The molecular weight excluding hydrogens is 222 g/mol. The molecular formula is C13H14ClNO. The molecule has 0 aliphatic rings. The highest BCUT2D eigenvalue weighted by atomic mass is 35.5. The molecule has 1 aromatic heterocycles. The van der Waals surface area contributed by atoms with E-state index in [2.05, 4.69) is 24.4 Å². The Balaban J connectivity index is 1.91. The van der Waals surface area contributed by atoms with Crippen molar-refractivity contribution in [2.45, 2.75) is 19.5 Å². The first-order valence-corrected chi connectivity index (χ1v) is 5.66. The van der Waals surface area contributed by atoms with Crippen LogP contribution in [0.15, 0.2) is 46.9 Å². The molecule has 1 unspecified atom stereocenters. The van der Waals surface area contributed by atoms with Gasteiger partial charge in [0.15, 0.2) is 5.22 Å². The summed E-state index contributed by atoms with van der Waals surface area (Å²) in [5.41, 5.74) is 1.26. The zero-order valence-corrected chi connectivity index (χ0v) is 9.87. The topological polar surface area (TPSA) is 25.2 Å². The second-order valence-corrected chi connectivity index (χ2v) is 4.09. The largest absolute Gasteiger partial charge is 0.448 e. The van der Waals surface area contributed by atoms with Crippen molar-refractivity contribution in [2.75, 3.05) is 0 Å². The molecule has 16 heavy (non-hydrogen) atoms. The molecule has 3 heteroatoms. The minimum atomic E-state index is 0.296. The van der Waals surface area contributed by atoms with Gasteiger partial charge < -0.3 is 9.73 Å². The predicted octanol–water partition coefficient (Wildman–Crippen LogP) is 3.78. The predicted molar refractivity (Wildman–Crippen MR) is 65.4 cm³/mol. The summed E-state index contributed by atoms with van der Waals surface area (Å²) < 4.78 is 5.27. The van der Waals surface area contributed by atoms with Crippen molar-refractivity contribution in [1.29, 1.82) is 0 Å². The molecule has 2 aromatic rings. The van der Waals surface area contributed by atoms with Crippen LogP contribution in [0.1, 0.15) is 24.3 Å². The van der Waals surface area contributed by atoms with E-state index < -0.39 is 0 Å². The summed E-state index contributed by atoms with van der Waals surface area (Å²) in [6.07, 6.45) is 0.